The fourth-order valence-corrected chi connectivity index (χ4v) is 3.87. The number of halogens is 2. The van der Waals surface area contributed by atoms with E-state index in [1.54, 1.807) is 40.8 Å². The predicted octanol–water partition coefficient (Wildman–Crippen LogP) is 6.38. The minimum Gasteiger partial charge on any atom is -0.496 e. The topological polar surface area (TPSA) is 62.7 Å². The highest BCUT2D eigenvalue weighted by Gasteiger charge is 2.09. The van der Waals surface area contributed by atoms with Crippen LogP contribution in [0.3, 0.4) is 0 Å². The van der Waals surface area contributed by atoms with Crippen molar-refractivity contribution >= 4 is 56.2 Å². The second kappa shape index (κ2) is 11.2. The molecular weight excluding hydrogens is 540 g/mol. The number of hydrogen-bond donors (Lipinski definition) is 0. The number of methoxy groups -OCH3 is 4. The van der Waals surface area contributed by atoms with Crippen molar-refractivity contribution in [1.29, 1.82) is 0 Å². The average molecular weight is 562 g/mol. The zero-order chi connectivity index (χ0) is 23.1. The quantitative estimate of drug-likeness (QED) is 0.318. The molecule has 0 amide bonds. The van der Waals surface area contributed by atoms with Crippen LogP contribution >= 0.6 is 31.9 Å². The van der Waals surface area contributed by atoms with E-state index >= 15 is 0 Å². The van der Waals surface area contributed by atoms with E-state index in [4.69, 9.17) is 18.9 Å². The van der Waals surface area contributed by atoms with Crippen LogP contribution in [0.4, 0.5) is 0 Å². The molecule has 0 saturated carbocycles. The summed E-state index contributed by atoms with van der Waals surface area (Å²) in [5.74, 6) is 2.88. The summed E-state index contributed by atoms with van der Waals surface area (Å²) in [6.07, 6.45) is 11.0. The lowest BCUT2D eigenvalue weighted by molar-refractivity contribution is 0.400. The number of nitrogens with zero attached hydrogens (tertiary/aromatic N) is 2. The molecular formula is C24H22Br2N2O4. The summed E-state index contributed by atoms with van der Waals surface area (Å²) < 4.78 is 23.3. The minimum absolute atomic E-state index is 0.717. The van der Waals surface area contributed by atoms with Crippen LogP contribution in [0.5, 0.6) is 23.0 Å². The molecule has 0 unspecified atom stereocenters. The van der Waals surface area contributed by atoms with E-state index in [0.717, 1.165) is 43.1 Å². The summed E-state index contributed by atoms with van der Waals surface area (Å²) in [6.45, 7) is 0. The van der Waals surface area contributed by atoms with Crippen molar-refractivity contribution in [3.05, 3.63) is 68.1 Å². The van der Waals surface area contributed by atoms with E-state index in [1.807, 2.05) is 48.6 Å². The first kappa shape index (κ1) is 23.8. The Kier molecular flexibility index (Phi) is 8.30. The molecule has 0 saturated heterocycles. The van der Waals surface area contributed by atoms with Gasteiger partial charge in [-0.15, -0.1) is 0 Å². The van der Waals surface area contributed by atoms with E-state index in [1.165, 1.54) is 0 Å². The van der Waals surface area contributed by atoms with Crippen molar-refractivity contribution in [2.45, 2.75) is 0 Å². The Labute approximate surface area is 204 Å². The van der Waals surface area contributed by atoms with E-state index in [9.17, 15) is 0 Å². The molecule has 0 spiro atoms. The molecule has 0 aliphatic heterocycles. The Morgan fingerprint density at radius 1 is 0.562 bits per heavy atom. The van der Waals surface area contributed by atoms with E-state index in [-0.39, 0.29) is 0 Å². The highest BCUT2D eigenvalue weighted by Crippen LogP contribution is 2.34. The predicted molar refractivity (Wildman–Crippen MR) is 134 cm³/mol. The highest BCUT2D eigenvalue weighted by molar-refractivity contribution is 9.10. The molecule has 1 aromatic heterocycles. The van der Waals surface area contributed by atoms with Crippen molar-refractivity contribution in [2.75, 3.05) is 28.4 Å². The Morgan fingerprint density at radius 2 is 0.938 bits per heavy atom. The van der Waals surface area contributed by atoms with Gasteiger partial charge in [0.2, 0.25) is 0 Å². The lowest BCUT2D eigenvalue weighted by Gasteiger charge is -2.09. The molecule has 8 heteroatoms. The molecule has 2 aromatic carbocycles. The van der Waals surface area contributed by atoms with Gasteiger partial charge in [0.15, 0.2) is 0 Å². The fourth-order valence-electron chi connectivity index (χ4n) is 2.90. The molecule has 0 atom stereocenters. The third kappa shape index (κ3) is 5.69. The monoisotopic (exact) mass is 560 g/mol. The lowest BCUT2D eigenvalue weighted by Crippen LogP contribution is -1.92. The van der Waals surface area contributed by atoms with Gasteiger partial charge in [-0.1, -0.05) is 0 Å². The summed E-state index contributed by atoms with van der Waals surface area (Å²) in [4.78, 5) is 8.93. The maximum absolute atomic E-state index is 5.45. The fraction of sp³-hybridized carbons (Fsp3) is 0.167. The molecule has 0 radical (unpaired) electrons. The van der Waals surface area contributed by atoms with Crippen LogP contribution < -0.4 is 18.9 Å². The second-order valence-electron chi connectivity index (χ2n) is 6.49. The maximum atomic E-state index is 5.45. The molecule has 32 heavy (non-hydrogen) atoms. The molecule has 0 fully saturated rings. The number of hydrogen-bond acceptors (Lipinski definition) is 6. The van der Waals surface area contributed by atoms with Crippen LogP contribution in [0.1, 0.15) is 22.5 Å². The van der Waals surface area contributed by atoms with Gasteiger partial charge in [0, 0.05) is 11.1 Å². The molecule has 3 aromatic rings. The number of ether oxygens (including phenoxy) is 4. The zero-order valence-electron chi connectivity index (χ0n) is 18.1. The lowest BCUT2D eigenvalue weighted by atomic mass is 10.1. The molecule has 6 nitrogen and oxygen atoms in total. The Hall–Kier alpha value is -2.84. The van der Waals surface area contributed by atoms with Crippen LogP contribution in [0.15, 0.2) is 45.6 Å². The van der Waals surface area contributed by atoms with Crippen molar-refractivity contribution in [1.82, 2.24) is 9.97 Å². The van der Waals surface area contributed by atoms with Crippen molar-refractivity contribution in [2.24, 2.45) is 0 Å². The zero-order valence-corrected chi connectivity index (χ0v) is 21.2. The first-order valence-corrected chi connectivity index (χ1v) is 11.1. The van der Waals surface area contributed by atoms with Gasteiger partial charge >= 0.3 is 0 Å². The average Bonchev–Trinajstić information content (AvgIpc) is 2.82. The first-order chi connectivity index (χ1) is 15.5. The molecule has 166 valence electrons. The largest absolute Gasteiger partial charge is 0.496 e. The second-order valence-corrected chi connectivity index (χ2v) is 8.20. The van der Waals surface area contributed by atoms with Crippen LogP contribution in [0.25, 0.3) is 24.3 Å². The maximum Gasteiger partial charge on any atom is 0.133 e. The SMILES string of the molecule is COc1cc(C=Cc2cnc(C=Cc3cc(OC)c(Br)cc3OC)cn2)c(OC)cc1Br. The van der Waals surface area contributed by atoms with Crippen LogP contribution in [0, 0.1) is 0 Å². The van der Waals surface area contributed by atoms with Crippen LogP contribution in [0.2, 0.25) is 0 Å². The number of aromatic nitrogens is 2. The van der Waals surface area contributed by atoms with Crippen molar-refractivity contribution in [3.63, 3.8) is 0 Å². The summed E-state index contributed by atoms with van der Waals surface area (Å²) >= 11 is 6.93. The highest BCUT2D eigenvalue weighted by atomic mass is 79.9. The van der Waals surface area contributed by atoms with Gasteiger partial charge in [0.25, 0.3) is 0 Å². The molecule has 3 rings (SSSR count). The summed E-state index contributed by atoms with van der Waals surface area (Å²) in [7, 11) is 6.50. The molecule has 0 aliphatic carbocycles. The van der Waals surface area contributed by atoms with Gasteiger partial charge in [-0.25, -0.2) is 0 Å². The Bertz CT molecular complexity index is 1060. The Morgan fingerprint density at radius 3 is 1.25 bits per heavy atom. The van der Waals surface area contributed by atoms with Crippen LogP contribution in [-0.2, 0) is 0 Å². The summed E-state index contributed by atoms with van der Waals surface area (Å²) in [5, 5.41) is 0. The standard InChI is InChI=1S/C24H22Br2N2O4/c1-29-21-11-19(25)23(31-3)9-15(21)5-7-17-13-28-18(14-27-17)8-6-16-10-24(32-4)20(26)12-22(16)30-2/h5-14H,1-4H3. The van der Waals surface area contributed by atoms with Crippen LogP contribution in [-0.4, -0.2) is 38.4 Å². The van der Waals surface area contributed by atoms with Gasteiger partial charge in [0.05, 0.1) is 61.2 Å². The smallest absolute Gasteiger partial charge is 0.133 e. The summed E-state index contributed by atoms with van der Waals surface area (Å²) in [5.41, 5.74) is 3.17. The first-order valence-electron chi connectivity index (χ1n) is 9.50. The van der Waals surface area contributed by atoms with Crippen molar-refractivity contribution < 1.29 is 18.9 Å². The molecule has 1 heterocycles. The minimum atomic E-state index is 0.717. The number of benzene rings is 2. The Balaban J connectivity index is 1.79. The van der Waals surface area contributed by atoms with E-state index < -0.39 is 0 Å². The third-order valence-electron chi connectivity index (χ3n) is 4.57. The number of rotatable bonds is 8. The van der Waals surface area contributed by atoms with E-state index in [0.29, 0.717) is 11.4 Å². The van der Waals surface area contributed by atoms with Gasteiger partial charge in [-0.3, -0.25) is 9.97 Å². The normalized spacial score (nSPS) is 11.2. The van der Waals surface area contributed by atoms with E-state index in [2.05, 4.69) is 41.8 Å². The molecule has 0 aliphatic rings. The molecule has 0 N–H and O–H groups in total. The van der Waals surface area contributed by atoms with Gasteiger partial charge in [-0.2, -0.15) is 0 Å². The van der Waals surface area contributed by atoms with Gasteiger partial charge < -0.3 is 18.9 Å². The van der Waals surface area contributed by atoms with Crippen molar-refractivity contribution in [3.8, 4) is 23.0 Å². The van der Waals surface area contributed by atoms with Gasteiger partial charge in [-0.05, 0) is 80.4 Å². The third-order valence-corrected chi connectivity index (χ3v) is 5.81. The summed E-state index contributed by atoms with van der Waals surface area (Å²) in [6, 6.07) is 7.51. The van der Waals surface area contributed by atoms with Gasteiger partial charge in [0.1, 0.15) is 23.0 Å². The molecule has 0 bridgehead atoms.